The zero-order chi connectivity index (χ0) is 13.1. The number of aryl methyl sites for hydroxylation is 1. The number of nitrogens with zero attached hydrogens (tertiary/aromatic N) is 3. The maximum Gasteiger partial charge on any atom is 0.314 e. The van der Waals surface area contributed by atoms with E-state index in [1.165, 1.54) is 18.6 Å². The molecule has 0 radical (unpaired) electrons. The fourth-order valence-electron chi connectivity index (χ4n) is 1.43. The molecule has 0 aliphatic rings. The minimum absolute atomic E-state index is 0.0667. The summed E-state index contributed by atoms with van der Waals surface area (Å²) in [6.45, 7) is 1.65. The van der Waals surface area contributed by atoms with Gasteiger partial charge in [-0.25, -0.2) is 9.97 Å². The van der Waals surface area contributed by atoms with E-state index in [0.717, 1.165) is 0 Å². The second-order valence-electron chi connectivity index (χ2n) is 3.46. The number of ether oxygens (including phenoxy) is 1. The Morgan fingerprint density at radius 2 is 2.22 bits per heavy atom. The van der Waals surface area contributed by atoms with Crippen molar-refractivity contribution >= 4 is 21.6 Å². The van der Waals surface area contributed by atoms with Gasteiger partial charge in [0.2, 0.25) is 11.6 Å². The molecule has 2 aromatic rings. The molecule has 0 unspecified atom stereocenters. The number of hydrogen-bond acceptors (Lipinski definition) is 5. The van der Waals surface area contributed by atoms with Crippen LogP contribution in [0.3, 0.4) is 0 Å². The highest BCUT2D eigenvalue weighted by atomic mass is 79.9. The molecule has 18 heavy (non-hydrogen) atoms. The largest absolute Gasteiger partial charge is 0.431 e. The minimum Gasteiger partial charge on any atom is -0.431 e. The Labute approximate surface area is 111 Å². The zero-order valence-corrected chi connectivity index (χ0v) is 10.9. The fourth-order valence-corrected chi connectivity index (χ4v) is 1.73. The van der Waals surface area contributed by atoms with Crippen molar-refractivity contribution in [2.24, 2.45) is 0 Å². The van der Waals surface area contributed by atoms with Crippen molar-refractivity contribution in [2.75, 3.05) is 0 Å². The molecule has 1 heterocycles. The Kier molecular flexibility index (Phi) is 3.52. The monoisotopic (exact) mass is 309 g/mol. The summed E-state index contributed by atoms with van der Waals surface area (Å²) < 4.78 is 5.97. The molecule has 0 saturated heterocycles. The van der Waals surface area contributed by atoms with Crippen molar-refractivity contribution in [1.82, 2.24) is 9.97 Å². The lowest BCUT2D eigenvalue weighted by Crippen LogP contribution is -1.97. The lowest BCUT2D eigenvalue weighted by Gasteiger charge is -2.07. The Balaban J connectivity index is 2.44. The van der Waals surface area contributed by atoms with Crippen LogP contribution >= 0.6 is 15.9 Å². The summed E-state index contributed by atoms with van der Waals surface area (Å²) in [7, 11) is 0. The Bertz CT molecular complexity index is 604. The van der Waals surface area contributed by atoms with Gasteiger partial charge in [-0.1, -0.05) is 12.1 Å². The quantitative estimate of drug-likeness (QED) is 0.642. The molecule has 0 fully saturated rings. The Hall–Kier alpha value is -2.02. The second-order valence-corrected chi connectivity index (χ2v) is 4.31. The number of para-hydroxylation sites is 1. The van der Waals surface area contributed by atoms with E-state index in [1.54, 1.807) is 19.1 Å². The molecule has 0 aliphatic carbocycles. The predicted molar refractivity (Wildman–Crippen MR) is 67.6 cm³/mol. The van der Waals surface area contributed by atoms with Crippen LogP contribution in [-0.4, -0.2) is 14.9 Å². The minimum atomic E-state index is -0.472. The van der Waals surface area contributed by atoms with Gasteiger partial charge < -0.3 is 4.74 Å². The average molecular weight is 310 g/mol. The number of halogens is 1. The lowest BCUT2D eigenvalue weighted by molar-refractivity contribution is -0.386. The highest BCUT2D eigenvalue weighted by Crippen LogP contribution is 2.35. The SMILES string of the molecule is Cc1cccc(Oc2ncncc2Br)c1[N+](=O)[O-]. The summed E-state index contributed by atoms with van der Waals surface area (Å²) in [4.78, 5) is 18.2. The van der Waals surface area contributed by atoms with Crippen LogP contribution in [0.15, 0.2) is 35.2 Å². The Morgan fingerprint density at radius 3 is 2.89 bits per heavy atom. The number of nitro benzene ring substituents is 1. The van der Waals surface area contributed by atoms with Gasteiger partial charge in [0.1, 0.15) is 6.33 Å². The van der Waals surface area contributed by atoms with E-state index in [0.29, 0.717) is 10.0 Å². The van der Waals surface area contributed by atoms with Gasteiger partial charge in [0.15, 0.2) is 0 Å². The first kappa shape index (κ1) is 12.4. The van der Waals surface area contributed by atoms with E-state index in [4.69, 9.17) is 4.74 Å². The third-order valence-corrected chi connectivity index (χ3v) is 2.77. The standard InChI is InChI=1S/C11H8BrN3O3/c1-7-3-2-4-9(10(7)15(16)17)18-11-8(12)5-13-6-14-11/h2-6H,1H3. The van der Waals surface area contributed by atoms with Crippen molar-refractivity contribution < 1.29 is 9.66 Å². The first-order valence-corrected chi connectivity index (χ1v) is 5.76. The van der Waals surface area contributed by atoms with Gasteiger partial charge in [-0.05, 0) is 28.9 Å². The van der Waals surface area contributed by atoms with Gasteiger partial charge in [0.05, 0.1) is 9.40 Å². The van der Waals surface area contributed by atoms with E-state index < -0.39 is 4.92 Å². The van der Waals surface area contributed by atoms with Gasteiger partial charge in [-0.2, -0.15) is 0 Å². The number of nitro groups is 1. The lowest BCUT2D eigenvalue weighted by atomic mass is 10.2. The van der Waals surface area contributed by atoms with Gasteiger partial charge in [-0.15, -0.1) is 0 Å². The van der Waals surface area contributed by atoms with Crippen molar-refractivity contribution in [3.8, 4) is 11.6 Å². The summed E-state index contributed by atoms with van der Waals surface area (Å²) in [6, 6.07) is 4.87. The molecule has 92 valence electrons. The molecule has 0 bridgehead atoms. The fraction of sp³-hybridized carbons (Fsp3) is 0.0909. The van der Waals surface area contributed by atoms with E-state index in [2.05, 4.69) is 25.9 Å². The first-order valence-electron chi connectivity index (χ1n) is 4.97. The summed E-state index contributed by atoms with van der Waals surface area (Å²) >= 11 is 3.21. The molecule has 2 rings (SSSR count). The van der Waals surface area contributed by atoms with Crippen LogP contribution in [-0.2, 0) is 0 Å². The van der Waals surface area contributed by atoms with Crippen LogP contribution in [0.25, 0.3) is 0 Å². The summed E-state index contributed by atoms with van der Waals surface area (Å²) in [5, 5.41) is 11.0. The molecule has 6 nitrogen and oxygen atoms in total. The molecule has 0 saturated carbocycles. The first-order chi connectivity index (χ1) is 8.59. The second kappa shape index (κ2) is 5.09. The number of rotatable bonds is 3. The molecule has 1 aromatic heterocycles. The van der Waals surface area contributed by atoms with Crippen LogP contribution in [0.4, 0.5) is 5.69 Å². The third kappa shape index (κ3) is 2.45. The molecular formula is C11H8BrN3O3. The summed E-state index contributed by atoms with van der Waals surface area (Å²) in [6.07, 6.45) is 2.81. The van der Waals surface area contributed by atoms with Gasteiger partial charge in [0.25, 0.3) is 0 Å². The molecule has 0 aliphatic heterocycles. The smallest absolute Gasteiger partial charge is 0.314 e. The molecule has 1 aromatic carbocycles. The topological polar surface area (TPSA) is 78.2 Å². The predicted octanol–water partition coefficient (Wildman–Crippen LogP) is 3.25. The molecule has 0 amide bonds. The normalized spacial score (nSPS) is 10.1. The highest BCUT2D eigenvalue weighted by Gasteiger charge is 2.19. The third-order valence-electron chi connectivity index (χ3n) is 2.22. The van der Waals surface area contributed by atoms with Crippen molar-refractivity contribution in [1.29, 1.82) is 0 Å². The van der Waals surface area contributed by atoms with Crippen LogP contribution in [0.1, 0.15) is 5.56 Å². The average Bonchev–Trinajstić information content (AvgIpc) is 2.31. The molecule has 0 spiro atoms. The van der Waals surface area contributed by atoms with E-state index in [1.807, 2.05) is 0 Å². The number of aromatic nitrogens is 2. The zero-order valence-electron chi connectivity index (χ0n) is 9.33. The molecule has 7 heteroatoms. The van der Waals surface area contributed by atoms with Crippen molar-refractivity contribution in [3.05, 3.63) is 50.9 Å². The summed E-state index contributed by atoms with van der Waals surface area (Å²) in [5.74, 6) is 0.387. The van der Waals surface area contributed by atoms with Crippen LogP contribution < -0.4 is 4.74 Å². The van der Waals surface area contributed by atoms with Crippen LogP contribution in [0.2, 0.25) is 0 Å². The van der Waals surface area contributed by atoms with E-state index in [-0.39, 0.29) is 17.3 Å². The van der Waals surface area contributed by atoms with Crippen molar-refractivity contribution in [2.45, 2.75) is 6.92 Å². The van der Waals surface area contributed by atoms with Crippen molar-refractivity contribution in [3.63, 3.8) is 0 Å². The van der Waals surface area contributed by atoms with Crippen LogP contribution in [0, 0.1) is 17.0 Å². The van der Waals surface area contributed by atoms with Crippen LogP contribution in [0.5, 0.6) is 11.6 Å². The number of benzene rings is 1. The maximum atomic E-state index is 11.0. The molecule has 0 N–H and O–H groups in total. The van der Waals surface area contributed by atoms with Gasteiger partial charge in [-0.3, -0.25) is 10.1 Å². The van der Waals surface area contributed by atoms with Gasteiger partial charge in [0, 0.05) is 11.8 Å². The summed E-state index contributed by atoms with van der Waals surface area (Å²) in [5.41, 5.74) is 0.464. The highest BCUT2D eigenvalue weighted by molar-refractivity contribution is 9.10. The molecular weight excluding hydrogens is 302 g/mol. The number of hydrogen-bond donors (Lipinski definition) is 0. The van der Waals surface area contributed by atoms with E-state index >= 15 is 0 Å². The Morgan fingerprint density at radius 1 is 1.44 bits per heavy atom. The molecule has 0 atom stereocenters. The van der Waals surface area contributed by atoms with Gasteiger partial charge >= 0.3 is 5.69 Å². The van der Waals surface area contributed by atoms with E-state index in [9.17, 15) is 10.1 Å². The maximum absolute atomic E-state index is 11.0.